The second-order valence-electron chi connectivity index (χ2n) is 6.62. The third-order valence-electron chi connectivity index (χ3n) is 4.33. The summed E-state index contributed by atoms with van der Waals surface area (Å²) >= 11 is 0. The lowest BCUT2D eigenvalue weighted by atomic mass is 10.1. The van der Waals surface area contributed by atoms with Crippen molar-refractivity contribution in [2.24, 2.45) is 0 Å². The van der Waals surface area contributed by atoms with Crippen molar-refractivity contribution >= 4 is 34.4 Å². The van der Waals surface area contributed by atoms with Crippen molar-refractivity contribution in [1.82, 2.24) is 9.88 Å². The first-order valence-corrected chi connectivity index (χ1v) is 9.05. The lowest BCUT2D eigenvalue weighted by Crippen LogP contribution is -2.37. The molecule has 0 saturated heterocycles. The van der Waals surface area contributed by atoms with E-state index in [9.17, 15) is 14.4 Å². The van der Waals surface area contributed by atoms with Crippen LogP contribution in [-0.2, 0) is 14.3 Å². The predicted molar refractivity (Wildman–Crippen MR) is 109 cm³/mol. The number of ether oxygens (including phenoxy) is 1. The number of nitrogens with one attached hydrogen (secondary N) is 1. The first-order chi connectivity index (χ1) is 13.9. The molecule has 2 amide bonds. The molecule has 148 valence electrons. The second kappa shape index (κ2) is 8.97. The maximum Gasteiger partial charge on any atom is 0.339 e. The van der Waals surface area contributed by atoms with Gasteiger partial charge in [0.25, 0.3) is 5.91 Å². The Hall–Kier alpha value is -3.74. The number of carbonyl (C=O) groups is 3. The van der Waals surface area contributed by atoms with E-state index in [1.54, 1.807) is 48.7 Å². The number of anilines is 1. The van der Waals surface area contributed by atoms with Crippen LogP contribution in [0.1, 0.15) is 15.9 Å². The van der Waals surface area contributed by atoms with Crippen molar-refractivity contribution in [2.45, 2.75) is 6.92 Å². The van der Waals surface area contributed by atoms with E-state index in [1.807, 2.05) is 19.1 Å². The monoisotopic (exact) mass is 391 g/mol. The zero-order valence-corrected chi connectivity index (χ0v) is 16.2. The minimum atomic E-state index is -0.616. The van der Waals surface area contributed by atoms with Crippen LogP contribution in [0.15, 0.2) is 60.8 Å². The number of pyridine rings is 1. The van der Waals surface area contributed by atoms with Gasteiger partial charge in [-0.05, 0) is 37.3 Å². The number of carbonyl (C=O) groups excluding carboxylic acids is 3. The molecule has 0 radical (unpaired) electrons. The summed E-state index contributed by atoms with van der Waals surface area (Å²) in [6.07, 6.45) is 1.64. The van der Waals surface area contributed by atoms with E-state index >= 15 is 0 Å². The van der Waals surface area contributed by atoms with Crippen LogP contribution < -0.4 is 5.32 Å². The van der Waals surface area contributed by atoms with Gasteiger partial charge in [-0.25, -0.2) is 4.79 Å². The van der Waals surface area contributed by atoms with Gasteiger partial charge in [0.1, 0.15) is 0 Å². The van der Waals surface area contributed by atoms with Crippen LogP contribution in [0.4, 0.5) is 5.69 Å². The molecule has 29 heavy (non-hydrogen) atoms. The van der Waals surface area contributed by atoms with Gasteiger partial charge in [0.15, 0.2) is 6.61 Å². The van der Waals surface area contributed by atoms with Gasteiger partial charge in [0, 0.05) is 24.3 Å². The first kappa shape index (κ1) is 20.0. The Labute approximate surface area is 168 Å². The van der Waals surface area contributed by atoms with Gasteiger partial charge in [0.2, 0.25) is 5.91 Å². The zero-order chi connectivity index (χ0) is 20.8. The molecule has 7 heteroatoms. The summed E-state index contributed by atoms with van der Waals surface area (Å²) in [5, 5.41) is 3.37. The summed E-state index contributed by atoms with van der Waals surface area (Å²) < 4.78 is 5.14. The highest BCUT2D eigenvalue weighted by molar-refractivity contribution is 6.04. The number of hydrogen-bond acceptors (Lipinski definition) is 5. The standard InChI is InChI=1S/C22H21N3O4/c1-15-8-10-16(11-9-15)24-20(26)13-25(2)21(27)14-29-22(28)18-5-3-7-19-17(18)6-4-12-23-19/h3-12H,13-14H2,1-2H3,(H,24,26). The second-order valence-corrected chi connectivity index (χ2v) is 6.62. The van der Waals surface area contributed by atoms with Crippen LogP contribution >= 0.6 is 0 Å². The molecule has 7 nitrogen and oxygen atoms in total. The van der Waals surface area contributed by atoms with E-state index in [2.05, 4.69) is 10.3 Å². The number of nitrogens with zero attached hydrogens (tertiary/aromatic N) is 2. The molecule has 1 heterocycles. The summed E-state index contributed by atoms with van der Waals surface area (Å²) in [5.74, 6) is -1.43. The van der Waals surface area contributed by atoms with Crippen LogP contribution in [-0.4, -0.2) is 47.9 Å². The molecule has 0 saturated carbocycles. The molecule has 2 aromatic carbocycles. The van der Waals surface area contributed by atoms with Crippen molar-refractivity contribution < 1.29 is 19.1 Å². The number of aryl methyl sites for hydroxylation is 1. The highest BCUT2D eigenvalue weighted by Crippen LogP contribution is 2.17. The average molecular weight is 391 g/mol. The number of likely N-dealkylation sites (N-methyl/N-ethyl adjacent to an activating group) is 1. The van der Waals surface area contributed by atoms with Crippen LogP contribution in [0.3, 0.4) is 0 Å². The molecule has 0 aliphatic rings. The Kier molecular flexibility index (Phi) is 6.19. The molecule has 3 aromatic rings. The molecule has 1 aromatic heterocycles. The number of amides is 2. The number of esters is 1. The largest absolute Gasteiger partial charge is 0.452 e. The molecule has 0 bridgehead atoms. The van der Waals surface area contributed by atoms with E-state index < -0.39 is 18.5 Å². The van der Waals surface area contributed by atoms with Crippen molar-refractivity contribution in [3.8, 4) is 0 Å². The Morgan fingerprint density at radius 1 is 1.03 bits per heavy atom. The molecular formula is C22H21N3O4. The number of benzene rings is 2. The topological polar surface area (TPSA) is 88.6 Å². The number of hydrogen-bond donors (Lipinski definition) is 1. The Bertz CT molecular complexity index is 1040. The fraction of sp³-hybridized carbons (Fsp3) is 0.182. The maximum absolute atomic E-state index is 12.4. The van der Waals surface area contributed by atoms with Gasteiger partial charge < -0.3 is 15.0 Å². The molecule has 0 atom stereocenters. The molecule has 3 rings (SSSR count). The van der Waals surface area contributed by atoms with Gasteiger partial charge in [-0.15, -0.1) is 0 Å². The fourth-order valence-corrected chi connectivity index (χ4v) is 2.74. The van der Waals surface area contributed by atoms with Crippen molar-refractivity contribution in [3.63, 3.8) is 0 Å². The normalized spacial score (nSPS) is 10.4. The minimum Gasteiger partial charge on any atom is -0.452 e. The van der Waals surface area contributed by atoms with E-state index in [4.69, 9.17) is 4.74 Å². The minimum absolute atomic E-state index is 0.150. The van der Waals surface area contributed by atoms with E-state index in [1.165, 1.54) is 11.9 Å². The molecule has 0 aliphatic heterocycles. The van der Waals surface area contributed by atoms with E-state index in [0.29, 0.717) is 22.2 Å². The predicted octanol–water partition coefficient (Wildman–Crippen LogP) is 2.80. The van der Waals surface area contributed by atoms with E-state index in [0.717, 1.165) is 5.56 Å². The van der Waals surface area contributed by atoms with Gasteiger partial charge >= 0.3 is 5.97 Å². The third kappa shape index (κ3) is 5.16. The van der Waals surface area contributed by atoms with Crippen LogP contribution in [0.2, 0.25) is 0 Å². The molecule has 0 fully saturated rings. The van der Waals surface area contributed by atoms with Crippen molar-refractivity contribution in [3.05, 3.63) is 71.9 Å². The maximum atomic E-state index is 12.4. The quantitative estimate of drug-likeness (QED) is 0.653. The average Bonchev–Trinajstić information content (AvgIpc) is 2.72. The van der Waals surface area contributed by atoms with Gasteiger partial charge in [-0.1, -0.05) is 29.8 Å². The van der Waals surface area contributed by atoms with Crippen LogP contribution in [0.25, 0.3) is 10.9 Å². The Balaban J connectivity index is 1.53. The summed E-state index contributed by atoms with van der Waals surface area (Å²) in [7, 11) is 1.48. The number of aromatic nitrogens is 1. The lowest BCUT2D eigenvalue weighted by Gasteiger charge is -2.17. The Morgan fingerprint density at radius 2 is 1.79 bits per heavy atom. The smallest absolute Gasteiger partial charge is 0.339 e. The highest BCUT2D eigenvalue weighted by atomic mass is 16.5. The lowest BCUT2D eigenvalue weighted by molar-refractivity contribution is -0.136. The molecule has 0 aliphatic carbocycles. The molecule has 0 spiro atoms. The number of fused-ring (bicyclic) bond motifs is 1. The summed E-state index contributed by atoms with van der Waals surface area (Å²) in [4.78, 5) is 42.1. The summed E-state index contributed by atoms with van der Waals surface area (Å²) in [6.45, 7) is 1.35. The molecule has 1 N–H and O–H groups in total. The fourth-order valence-electron chi connectivity index (χ4n) is 2.74. The van der Waals surface area contributed by atoms with Crippen LogP contribution in [0, 0.1) is 6.92 Å². The van der Waals surface area contributed by atoms with Gasteiger partial charge in [-0.3, -0.25) is 14.6 Å². The van der Waals surface area contributed by atoms with Gasteiger partial charge in [0.05, 0.1) is 17.6 Å². The van der Waals surface area contributed by atoms with Crippen molar-refractivity contribution in [1.29, 1.82) is 0 Å². The first-order valence-electron chi connectivity index (χ1n) is 9.05. The van der Waals surface area contributed by atoms with Crippen LogP contribution in [0.5, 0.6) is 0 Å². The van der Waals surface area contributed by atoms with Gasteiger partial charge in [-0.2, -0.15) is 0 Å². The Morgan fingerprint density at radius 3 is 2.55 bits per heavy atom. The molecule has 0 unspecified atom stereocenters. The summed E-state index contributed by atoms with van der Waals surface area (Å²) in [6, 6.07) is 15.9. The number of rotatable bonds is 6. The van der Waals surface area contributed by atoms with Crippen molar-refractivity contribution in [2.75, 3.05) is 25.5 Å². The SMILES string of the molecule is Cc1ccc(NC(=O)CN(C)C(=O)COC(=O)c2cccc3ncccc23)cc1. The van der Waals surface area contributed by atoms with E-state index in [-0.39, 0.29) is 12.5 Å². The zero-order valence-electron chi connectivity index (χ0n) is 16.2. The summed E-state index contributed by atoms with van der Waals surface area (Å²) in [5.41, 5.74) is 2.73. The highest BCUT2D eigenvalue weighted by Gasteiger charge is 2.17. The molecular weight excluding hydrogens is 370 g/mol. The third-order valence-corrected chi connectivity index (χ3v) is 4.33.